The summed E-state index contributed by atoms with van der Waals surface area (Å²) in [5.41, 5.74) is 23.3. The molecular formula is C72H59BN4Si2. The number of anilines is 6. The summed E-state index contributed by atoms with van der Waals surface area (Å²) in [6, 6.07) is 93.8. The second kappa shape index (κ2) is 17.8. The van der Waals surface area contributed by atoms with Crippen LogP contribution in [0.2, 0.25) is 39.3 Å². The molecule has 0 aliphatic carbocycles. The van der Waals surface area contributed by atoms with E-state index in [1.165, 1.54) is 127 Å². The van der Waals surface area contributed by atoms with E-state index in [0.29, 0.717) is 0 Å². The van der Waals surface area contributed by atoms with Gasteiger partial charge in [-0.2, -0.15) is 0 Å². The Morgan fingerprint density at radius 3 is 1.11 bits per heavy atom. The van der Waals surface area contributed by atoms with Crippen molar-refractivity contribution in [2.75, 3.05) is 9.80 Å². The molecule has 2 aliphatic heterocycles. The molecule has 79 heavy (non-hydrogen) atoms. The molecule has 0 fully saturated rings. The summed E-state index contributed by atoms with van der Waals surface area (Å²) in [5.74, 6) is 0. The van der Waals surface area contributed by atoms with Gasteiger partial charge in [0.25, 0.3) is 6.71 Å². The molecule has 4 nitrogen and oxygen atoms in total. The summed E-state index contributed by atoms with van der Waals surface area (Å²) in [5, 5.41) is 7.88. The molecule has 0 atom stereocenters. The van der Waals surface area contributed by atoms with Crippen LogP contribution in [-0.2, 0) is 0 Å². The minimum Gasteiger partial charge on any atom is -0.311 e. The highest BCUT2D eigenvalue weighted by molar-refractivity contribution is 7.00. The molecule has 2 aromatic heterocycles. The van der Waals surface area contributed by atoms with Crippen LogP contribution in [0.25, 0.3) is 77.2 Å². The SMILES string of the molecule is C[Si](C)(C)c1ccccc1N1c2cc(-n3c4ccccc4c4cccc(-c5ccccc5)c43)ccc2B2c3ccc(-n4c5ccccc5c5cccc(-c6ccccc6)c54)cc3N(c3ccccc3[Si](C)(C)C)c3cccc1c32. The highest BCUT2D eigenvalue weighted by Gasteiger charge is 2.45. The highest BCUT2D eigenvalue weighted by atomic mass is 28.3. The Morgan fingerprint density at radius 1 is 0.304 bits per heavy atom. The Balaban J connectivity index is 1.04. The zero-order chi connectivity index (χ0) is 53.3. The third-order valence-electron chi connectivity index (χ3n) is 16.9. The lowest BCUT2D eigenvalue weighted by Gasteiger charge is -2.45. The molecule has 0 unspecified atom stereocenters. The Labute approximate surface area is 465 Å². The van der Waals surface area contributed by atoms with Crippen LogP contribution < -0.4 is 36.6 Å². The van der Waals surface area contributed by atoms with Crippen molar-refractivity contribution in [3.05, 3.63) is 249 Å². The minimum absolute atomic E-state index is 0.0686. The van der Waals surface area contributed by atoms with Gasteiger partial charge in [0.1, 0.15) is 0 Å². The molecule has 7 heteroatoms. The van der Waals surface area contributed by atoms with Crippen molar-refractivity contribution in [1.82, 2.24) is 9.13 Å². The monoisotopic (exact) mass is 1050 g/mol. The lowest BCUT2D eigenvalue weighted by atomic mass is 9.33. The van der Waals surface area contributed by atoms with E-state index in [9.17, 15) is 0 Å². The van der Waals surface area contributed by atoms with Gasteiger partial charge in [0.15, 0.2) is 0 Å². The van der Waals surface area contributed by atoms with Crippen LogP contribution in [0.5, 0.6) is 0 Å². The molecule has 0 amide bonds. The first-order valence-electron chi connectivity index (χ1n) is 27.9. The molecule has 15 rings (SSSR count). The van der Waals surface area contributed by atoms with Crippen LogP contribution in [0.1, 0.15) is 0 Å². The van der Waals surface area contributed by atoms with E-state index < -0.39 is 16.1 Å². The first-order chi connectivity index (χ1) is 38.5. The van der Waals surface area contributed by atoms with Gasteiger partial charge in [-0.05, 0) is 98.6 Å². The van der Waals surface area contributed by atoms with E-state index in [1.54, 1.807) is 0 Å². The van der Waals surface area contributed by atoms with E-state index >= 15 is 0 Å². The Morgan fingerprint density at radius 2 is 0.671 bits per heavy atom. The van der Waals surface area contributed by atoms with E-state index in [0.717, 1.165) is 11.4 Å². The Kier molecular flexibility index (Phi) is 10.7. The van der Waals surface area contributed by atoms with Crippen molar-refractivity contribution < 1.29 is 0 Å². The summed E-state index contributed by atoms with van der Waals surface area (Å²) < 4.78 is 5.07. The molecule has 13 aromatic rings. The van der Waals surface area contributed by atoms with E-state index in [1.807, 2.05) is 0 Å². The molecule has 11 aromatic carbocycles. The van der Waals surface area contributed by atoms with Gasteiger partial charge in [-0.15, -0.1) is 0 Å². The van der Waals surface area contributed by atoms with E-state index in [2.05, 4.69) is 307 Å². The lowest BCUT2D eigenvalue weighted by Crippen LogP contribution is -2.62. The predicted octanol–water partition coefficient (Wildman–Crippen LogP) is 16.4. The largest absolute Gasteiger partial charge is 0.311 e. The van der Waals surface area contributed by atoms with Gasteiger partial charge in [-0.1, -0.05) is 227 Å². The first-order valence-corrected chi connectivity index (χ1v) is 34.9. The van der Waals surface area contributed by atoms with E-state index in [4.69, 9.17) is 0 Å². The van der Waals surface area contributed by atoms with Crippen LogP contribution in [0, 0.1) is 0 Å². The normalized spacial score (nSPS) is 13.1. The molecule has 0 saturated carbocycles. The Hall–Kier alpha value is -8.88. The van der Waals surface area contributed by atoms with Crippen LogP contribution in [-0.4, -0.2) is 32.0 Å². The van der Waals surface area contributed by atoms with Crippen LogP contribution in [0.15, 0.2) is 249 Å². The van der Waals surface area contributed by atoms with Crippen molar-refractivity contribution in [2.24, 2.45) is 0 Å². The fourth-order valence-electron chi connectivity index (χ4n) is 13.6. The molecule has 4 heterocycles. The molecule has 0 spiro atoms. The molecule has 0 saturated heterocycles. The smallest absolute Gasteiger partial charge is 0.252 e. The second-order valence-corrected chi connectivity index (χ2v) is 33.8. The van der Waals surface area contributed by atoms with Gasteiger partial charge in [0, 0.05) is 78.2 Å². The third-order valence-corrected chi connectivity index (χ3v) is 21.0. The van der Waals surface area contributed by atoms with Crippen LogP contribution in [0.4, 0.5) is 34.1 Å². The van der Waals surface area contributed by atoms with Gasteiger partial charge >= 0.3 is 0 Å². The number of hydrogen-bond acceptors (Lipinski definition) is 2. The van der Waals surface area contributed by atoms with Crippen molar-refractivity contribution in [1.29, 1.82) is 0 Å². The quantitative estimate of drug-likeness (QED) is 0.141. The number of nitrogens with zero attached hydrogens (tertiary/aromatic N) is 4. The third kappa shape index (κ3) is 7.26. The number of aromatic nitrogens is 2. The van der Waals surface area contributed by atoms with Gasteiger partial charge < -0.3 is 18.9 Å². The number of rotatable bonds is 8. The number of benzene rings is 11. The number of hydrogen-bond donors (Lipinski definition) is 0. The second-order valence-electron chi connectivity index (χ2n) is 23.7. The fraction of sp³-hybridized carbons (Fsp3) is 0.0833. The van der Waals surface area contributed by atoms with Crippen molar-refractivity contribution >= 4 is 127 Å². The fourth-order valence-corrected chi connectivity index (χ4v) is 16.7. The van der Waals surface area contributed by atoms with Crippen molar-refractivity contribution in [3.63, 3.8) is 0 Å². The first kappa shape index (κ1) is 47.3. The van der Waals surface area contributed by atoms with E-state index in [-0.39, 0.29) is 6.71 Å². The summed E-state index contributed by atoms with van der Waals surface area (Å²) in [6.07, 6.45) is 0. The zero-order valence-corrected chi connectivity index (χ0v) is 47.5. The molecular weight excluding hydrogens is 988 g/mol. The van der Waals surface area contributed by atoms with Gasteiger partial charge in [0.05, 0.1) is 38.2 Å². The van der Waals surface area contributed by atoms with Gasteiger partial charge in [-0.3, -0.25) is 0 Å². The minimum atomic E-state index is -1.92. The van der Waals surface area contributed by atoms with Crippen LogP contribution >= 0.6 is 0 Å². The zero-order valence-electron chi connectivity index (χ0n) is 45.5. The average Bonchev–Trinajstić information content (AvgIpc) is 3.90. The van der Waals surface area contributed by atoms with Crippen molar-refractivity contribution in [2.45, 2.75) is 39.3 Å². The summed E-state index contributed by atoms with van der Waals surface area (Å²) in [6.45, 7) is 14.9. The summed E-state index contributed by atoms with van der Waals surface area (Å²) in [4.78, 5) is 5.30. The topological polar surface area (TPSA) is 16.3 Å². The molecule has 2 aliphatic rings. The average molecular weight is 1050 g/mol. The standard InChI is InChI=1S/C72H59BN4Si2/c1-78(2,3)68-40-19-17-36-62(68)76-64-38-23-39-65-70(64)73(58-44-42-50(46-66(58)76)74-60-34-15-13-28-54(60)56-32-21-30-52(71(56)74)48-24-9-7-10-25-48)59-45-43-51(47-67(59)77(65)63-37-18-20-41-69(63)79(4,5)6)75-61-35-16-14-29-55(61)57-33-22-31-53(72(57)75)49-26-11-8-12-27-49/h7-47H,1-6H3. The maximum Gasteiger partial charge on any atom is 0.252 e. The molecule has 0 N–H and O–H groups in total. The maximum atomic E-state index is 2.65. The predicted molar refractivity (Wildman–Crippen MR) is 346 cm³/mol. The maximum absolute atomic E-state index is 2.65. The molecule has 0 radical (unpaired) electrons. The number of fused-ring (bicyclic) bond motifs is 10. The van der Waals surface area contributed by atoms with Gasteiger partial charge in [-0.25, -0.2) is 0 Å². The van der Waals surface area contributed by atoms with Crippen molar-refractivity contribution in [3.8, 4) is 33.6 Å². The summed E-state index contributed by atoms with van der Waals surface area (Å²) >= 11 is 0. The highest BCUT2D eigenvalue weighted by Crippen LogP contribution is 2.47. The van der Waals surface area contributed by atoms with Gasteiger partial charge in [0.2, 0.25) is 0 Å². The number of para-hydroxylation sites is 6. The summed E-state index contributed by atoms with van der Waals surface area (Å²) in [7, 11) is -3.84. The van der Waals surface area contributed by atoms with Crippen LogP contribution in [0.3, 0.4) is 0 Å². The molecule has 378 valence electrons. The lowest BCUT2D eigenvalue weighted by molar-refractivity contribution is 1.17. The Bertz CT molecular complexity index is 4310. The molecule has 0 bridgehead atoms.